The van der Waals surface area contributed by atoms with Crippen LogP contribution in [0.25, 0.3) is 10.9 Å². The van der Waals surface area contributed by atoms with Crippen molar-refractivity contribution in [2.45, 2.75) is 38.0 Å². The maximum Gasteiger partial charge on any atom is 0.0717 e. The molecular formula is C15H20N2S. The number of pyridine rings is 1. The maximum absolute atomic E-state index is 5.87. The minimum Gasteiger partial charge on any atom is -0.399 e. The van der Waals surface area contributed by atoms with Crippen LogP contribution in [0.4, 0.5) is 5.69 Å². The molecule has 0 aliphatic rings. The highest BCUT2D eigenvalue weighted by molar-refractivity contribution is 7.99. The lowest BCUT2D eigenvalue weighted by Crippen LogP contribution is -1.91. The van der Waals surface area contributed by atoms with E-state index in [0.29, 0.717) is 0 Å². The second kappa shape index (κ2) is 6.10. The van der Waals surface area contributed by atoms with E-state index >= 15 is 0 Å². The van der Waals surface area contributed by atoms with E-state index in [1.54, 1.807) is 0 Å². The molecule has 18 heavy (non-hydrogen) atoms. The van der Waals surface area contributed by atoms with Crippen molar-refractivity contribution in [1.82, 2.24) is 4.98 Å². The summed E-state index contributed by atoms with van der Waals surface area (Å²) in [6.45, 7) is 4.28. The quantitative estimate of drug-likeness (QED) is 0.492. The summed E-state index contributed by atoms with van der Waals surface area (Å²) in [5.74, 6) is 1.17. The third-order valence-corrected chi connectivity index (χ3v) is 4.07. The Balaban J connectivity index is 2.27. The third-order valence-electron chi connectivity index (χ3n) is 2.93. The van der Waals surface area contributed by atoms with Gasteiger partial charge in [-0.2, -0.15) is 0 Å². The predicted octanol–water partition coefficient (Wildman–Crippen LogP) is 4.41. The van der Waals surface area contributed by atoms with Crippen molar-refractivity contribution in [3.63, 3.8) is 0 Å². The lowest BCUT2D eigenvalue weighted by Gasteiger charge is -2.08. The molecule has 0 saturated carbocycles. The second-order valence-electron chi connectivity index (χ2n) is 4.59. The van der Waals surface area contributed by atoms with Crippen LogP contribution in [0.5, 0.6) is 0 Å². The number of rotatable bonds is 5. The first kappa shape index (κ1) is 13.2. The van der Waals surface area contributed by atoms with Crippen LogP contribution in [0.2, 0.25) is 0 Å². The first-order valence-corrected chi connectivity index (χ1v) is 7.49. The summed E-state index contributed by atoms with van der Waals surface area (Å²) in [7, 11) is 0. The highest BCUT2D eigenvalue weighted by Crippen LogP contribution is 2.29. The fourth-order valence-electron chi connectivity index (χ4n) is 1.99. The number of benzene rings is 1. The summed E-state index contributed by atoms with van der Waals surface area (Å²) in [4.78, 5) is 5.86. The van der Waals surface area contributed by atoms with Crippen LogP contribution >= 0.6 is 11.8 Å². The van der Waals surface area contributed by atoms with E-state index in [1.165, 1.54) is 35.3 Å². The van der Waals surface area contributed by atoms with Crippen LogP contribution in [0.3, 0.4) is 0 Å². The van der Waals surface area contributed by atoms with Crippen molar-refractivity contribution < 1.29 is 0 Å². The van der Waals surface area contributed by atoms with Crippen molar-refractivity contribution in [1.29, 1.82) is 0 Å². The van der Waals surface area contributed by atoms with Crippen LogP contribution in [0, 0.1) is 6.92 Å². The van der Waals surface area contributed by atoms with Crippen LogP contribution in [-0.2, 0) is 0 Å². The number of hydrogen-bond acceptors (Lipinski definition) is 3. The average molecular weight is 260 g/mol. The fraction of sp³-hybridized carbons (Fsp3) is 0.400. The molecular weight excluding hydrogens is 240 g/mol. The summed E-state index contributed by atoms with van der Waals surface area (Å²) in [6, 6.07) is 8.12. The first-order valence-electron chi connectivity index (χ1n) is 6.50. The van der Waals surface area contributed by atoms with E-state index in [4.69, 9.17) is 5.73 Å². The molecule has 0 aliphatic heterocycles. The van der Waals surface area contributed by atoms with Crippen LogP contribution in [0.1, 0.15) is 31.9 Å². The standard InChI is InChI=1S/C15H20N2S/c1-3-4-5-8-18-15-9-11(2)17-14-7-6-12(16)10-13(14)15/h6-7,9-10H,3-5,8,16H2,1-2H3. The van der Waals surface area contributed by atoms with Gasteiger partial charge in [-0.3, -0.25) is 4.98 Å². The van der Waals surface area contributed by atoms with Crippen molar-refractivity contribution in [3.8, 4) is 0 Å². The Labute approximate surface area is 113 Å². The van der Waals surface area contributed by atoms with Gasteiger partial charge >= 0.3 is 0 Å². The smallest absolute Gasteiger partial charge is 0.0717 e. The molecule has 3 heteroatoms. The van der Waals surface area contributed by atoms with E-state index in [9.17, 15) is 0 Å². The topological polar surface area (TPSA) is 38.9 Å². The summed E-state index contributed by atoms with van der Waals surface area (Å²) in [5.41, 5.74) is 8.80. The van der Waals surface area contributed by atoms with Gasteiger partial charge < -0.3 is 5.73 Å². The van der Waals surface area contributed by atoms with Gasteiger partial charge in [-0.1, -0.05) is 19.8 Å². The fourth-order valence-corrected chi connectivity index (χ4v) is 3.13. The predicted molar refractivity (Wildman–Crippen MR) is 81.1 cm³/mol. The molecule has 96 valence electrons. The minimum atomic E-state index is 0.809. The molecule has 2 aromatic rings. The molecule has 0 amide bonds. The Morgan fingerprint density at radius 1 is 1.22 bits per heavy atom. The van der Waals surface area contributed by atoms with Crippen molar-refractivity contribution in [2.75, 3.05) is 11.5 Å². The Kier molecular flexibility index (Phi) is 4.48. The van der Waals surface area contributed by atoms with Gasteiger partial charge in [0.15, 0.2) is 0 Å². The molecule has 0 aliphatic carbocycles. The monoisotopic (exact) mass is 260 g/mol. The van der Waals surface area contributed by atoms with Gasteiger partial charge in [-0.25, -0.2) is 0 Å². The van der Waals surface area contributed by atoms with Gasteiger partial charge in [0.2, 0.25) is 0 Å². The number of hydrogen-bond donors (Lipinski definition) is 1. The van der Waals surface area contributed by atoms with Gasteiger partial charge in [0.25, 0.3) is 0 Å². The molecule has 2 N–H and O–H groups in total. The molecule has 0 radical (unpaired) electrons. The van der Waals surface area contributed by atoms with E-state index in [0.717, 1.165) is 16.9 Å². The molecule has 0 saturated heterocycles. The lowest BCUT2D eigenvalue weighted by molar-refractivity contribution is 0.778. The number of anilines is 1. The number of aromatic nitrogens is 1. The number of unbranched alkanes of at least 4 members (excludes halogenated alkanes) is 2. The largest absolute Gasteiger partial charge is 0.399 e. The minimum absolute atomic E-state index is 0.809. The second-order valence-corrected chi connectivity index (χ2v) is 5.73. The van der Waals surface area contributed by atoms with E-state index in [-0.39, 0.29) is 0 Å². The number of aryl methyl sites for hydroxylation is 1. The summed E-state index contributed by atoms with van der Waals surface area (Å²) < 4.78 is 0. The van der Waals surface area contributed by atoms with E-state index in [1.807, 2.05) is 36.9 Å². The molecule has 0 bridgehead atoms. The van der Waals surface area contributed by atoms with Crippen LogP contribution in [-0.4, -0.2) is 10.7 Å². The van der Waals surface area contributed by atoms with Crippen molar-refractivity contribution >= 4 is 28.4 Å². The number of nitrogen functional groups attached to an aromatic ring is 1. The molecule has 0 fully saturated rings. The maximum atomic E-state index is 5.87. The average Bonchev–Trinajstić information content (AvgIpc) is 2.35. The van der Waals surface area contributed by atoms with Gasteiger partial charge in [0.1, 0.15) is 0 Å². The van der Waals surface area contributed by atoms with Crippen molar-refractivity contribution in [2.24, 2.45) is 0 Å². The van der Waals surface area contributed by atoms with Gasteiger partial charge in [-0.15, -0.1) is 11.8 Å². The van der Waals surface area contributed by atoms with Gasteiger partial charge in [-0.05, 0) is 43.4 Å². The number of nitrogens with zero attached hydrogens (tertiary/aromatic N) is 1. The first-order chi connectivity index (χ1) is 8.70. The lowest BCUT2D eigenvalue weighted by atomic mass is 10.2. The van der Waals surface area contributed by atoms with Crippen molar-refractivity contribution in [3.05, 3.63) is 30.0 Å². The Morgan fingerprint density at radius 3 is 2.83 bits per heavy atom. The molecule has 1 aromatic carbocycles. The Morgan fingerprint density at radius 2 is 2.06 bits per heavy atom. The molecule has 2 nitrogen and oxygen atoms in total. The summed E-state index contributed by atoms with van der Waals surface area (Å²) in [5, 5.41) is 1.18. The molecule has 1 heterocycles. The van der Waals surface area contributed by atoms with E-state index in [2.05, 4.69) is 18.0 Å². The summed E-state index contributed by atoms with van der Waals surface area (Å²) in [6.07, 6.45) is 3.84. The van der Waals surface area contributed by atoms with Gasteiger partial charge in [0.05, 0.1) is 5.52 Å². The molecule has 1 aromatic heterocycles. The van der Waals surface area contributed by atoms with Crippen LogP contribution in [0.15, 0.2) is 29.2 Å². The third kappa shape index (κ3) is 3.16. The number of thioether (sulfide) groups is 1. The zero-order valence-electron chi connectivity index (χ0n) is 11.1. The van der Waals surface area contributed by atoms with Gasteiger partial charge in [0, 0.05) is 21.7 Å². The normalized spacial score (nSPS) is 11.0. The zero-order chi connectivity index (χ0) is 13.0. The number of fused-ring (bicyclic) bond motifs is 1. The molecule has 0 atom stereocenters. The van der Waals surface area contributed by atoms with Crippen LogP contribution < -0.4 is 5.73 Å². The molecule has 2 rings (SSSR count). The summed E-state index contributed by atoms with van der Waals surface area (Å²) >= 11 is 1.92. The highest BCUT2D eigenvalue weighted by atomic mass is 32.2. The Bertz CT molecular complexity index is 537. The number of nitrogens with two attached hydrogens (primary N) is 1. The highest BCUT2D eigenvalue weighted by Gasteiger charge is 2.05. The van der Waals surface area contributed by atoms with E-state index < -0.39 is 0 Å². The molecule has 0 spiro atoms. The zero-order valence-corrected chi connectivity index (χ0v) is 11.9. The molecule has 0 unspecified atom stereocenters. The SMILES string of the molecule is CCCCCSc1cc(C)nc2ccc(N)cc12. The Hall–Kier alpha value is -1.22.